The SMILES string of the molecule is C=CC(=O)Nc1cc2c(o1)CN(S(=O)(=O)c1ccc(NC(=O)c3cc4c(s3)CCC4)cc1)C2. The predicted molar refractivity (Wildman–Crippen MR) is 125 cm³/mol. The fourth-order valence-corrected chi connectivity index (χ4v) is 6.56. The first-order valence-corrected chi connectivity index (χ1v) is 12.7. The van der Waals surface area contributed by atoms with Gasteiger partial charge in [0.25, 0.3) is 5.91 Å². The number of nitrogens with one attached hydrogen (secondary N) is 2. The molecule has 0 fully saturated rings. The average Bonchev–Trinajstić information content (AvgIpc) is 3.54. The summed E-state index contributed by atoms with van der Waals surface area (Å²) in [5, 5.41) is 5.36. The van der Waals surface area contributed by atoms with E-state index in [2.05, 4.69) is 17.2 Å². The Morgan fingerprint density at radius 2 is 1.85 bits per heavy atom. The summed E-state index contributed by atoms with van der Waals surface area (Å²) in [6.07, 6.45) is 4.32. The summed E-state index contributed by atoms with van der Waals surface area (Å²) in [4.78, 5) is 26.0. The van der Waals surface area contributed by atoms with Gasteiger partial charge in [0, 0.05) is 28.7 Å². The van der Waals surface area contributed by atoms with Gasteiger partial charge in [-0.3, -0.25) is 14.9 Å². The minimum Gasteiger partial charge on any atom is -0.444 e. The highest BCUT2D eigenvalue weighted by molar-refractivity contribution is 7.89. The number of benzene rings is 1. The second-order valence-corrected chi connectivity index (χ2v) is 11.0. The van der Waals surface area contributed by atoms with Crippen LogP contribution in [0.4, 0.5) is 11.6 Å². The zero-order chi connectivity index (χ0) is 23.2. The molecule has 0 bridgehead atoms. The van der Waals surface area contributed by atoms with Crippen molar-refractivity contribution in [2.24, 2.45) is 0 Å². The second kappa shape index (κ2) is 8.29. The third-order valence-corrected chi connectivity index (χ3v) is 8.76. The van der Waals surface area contributed by atoms with Crippen molar-refractivity contribution in [1.29, 1.82) is 0 Å². The van der Waals surface area contributed by atoms with E-state index in [4.69, 9.17) is 4.42 Å². The molecular weight excluding hydrogens is 462 g/mol. The molecule has 2 N–H and O–H groups in total. The third kappa shape index (κ3) is 4.12. The van der Waals surface area contributed by atoms with E-state index in [-0.39, 0.29) is 29.8 Å². The van der Waals surface area contributed by atoms with E-state index in [1.54, 1.807) is 18.2 Å². The highest BCUT2D eigenvalue weighted by Crippen LogP contribution is 2.33. The third-order valence-electron chi connectivity index (χ3n) is 5.72. The van der Waals surface area contributed by atoms with Crippen molar-refractivity contribution in [2.75, 3.05) is 10.6 Å². The van der Waals surface area contributed by atoms with Gasteiger partial charge in [0.05, 0.1) is 16.3 Å². The number of sulfonamides is 1. The molecule has 0 unspecified atom stereocenters. The van der Waals surface area contributed by atoms with Crippen LogP contribution in [0.15, 0.2) is 58.4 Å². The monoisotopic (exact) mass is 483 g/mol. The number of aryl methyl sites for hydroxylation is 2. The number of hydrogen-bond acceptors (Lipinski definition) is 6. The Morgan fingerprint density at radius 3 is 2.55 bits per heavy atom. The molecule has 3 aromatic rings. The van der Waals surface area contributed by atoms with Crippen molar-refractivity contribution in [3.05, 3.63) is 75.7 Å². The minimum atomic E-state index is -3.75. The molecule has 2 aliphatic rings. The van der Waals surface area contributed by atoms with Crippen molar-refractivity contribution >= 4 is 44.7 Å². The lowest BCUT2D eigenvalue weighted by Gasteiger charge is -2.16. The molecule has 0 saturated heterocycles. The lowest BCUT2D eigenvalue weighted by atomic mass is 10.2. The molecule has 0 atom stereocenters. The quantitative estimate of drug-likeness (QED) is 0.517. The van der Waals surface area contributed by atoms with Crippen LogP contribution in [0.2, 0.25) is 0 Å². The summed E-state index contributed by atoms with van der Waals surface area (Å²) < 4.78 is 33.0. The smallest absolute Gasteiger partial charge is 0.265 e. The van der Waals surface area contributed by atoms with E-state index < -0.39 is 15.9 Å². The molecule has 0 spiro atoms. The fourth-order valence-electron chi connectivity index (χ4n) is 4.04. The van der Waals surface area contributed by atoms with Gasteiger partial charge in [-0.1, -0.05) is 6.58 Å². The van der Waals surface area contributed by atoms with Crippen LogP contribution in [0.25, 0.3) is 0 Å². The van der Waals surface area contributed by atoms with Crippen molar-refractivity contribution in [3.8, 4) is 0 Å². The zero-order valence-corrected chi connectivity index (χ0v) is 19.2. The fraction of sp³-hybridized carbons (Fsp3) is 0.217. The average molecular weight is 484 g/mol. The summed E-state index contributed by atoms with van der Waals surface area (Å²) in [6, 6.07) is 9.70. The Balaban J connectivity index is 1.25. The lowest BCUT2D eigenvalue weighted by Crippen LogP contribution is -2.25. The van der Waals surface area contributed by atoms with Crippen molar-refractivity contribution in [1.82, 2.24) is 4.31 Å². The first-order valence-electron chi connectivity index (χ1n) is 10.4. The molecule has 1 aliphatic carbocycles. The predicted octanol–water partition coefficient (Wildman–Crippen LogP) is 3.91. The number of furan rings is 1. The molecule has 8 nitrogen and oxygen atoms in total. The van der Waals surface area contributed by atoms with Gasteiger partial charge < -0.3 is 9.73 Å². The van der Waals surface area contributed by atoms with Crippen LogP contribution in [-0.2, 0) is 40.7 Å². The zero-order valence-electron chi connectivity index (χ0n) is 17.6. The van der Waals surface area contributed by atoms with Gasteiger partial charge in [0.1, 0.15) is 5.76 Å². The van der Waals surface area contributed by atoms with E-state index in [0.717, 1.165) is 25.3 Å². The number of carbonyl (C=O) groups excluding carboxylic acids is 2. The highest BCUT2D eigenvalue weighted by Gasteiger charge is 2.33. The normalized spacial score (nSPS) is 15.2. The molecule has 1 aromatic carbocycles. The minimum absolute atomic E-state index is 0.0726. The summed E-state index contributed by atoms with van der Waals surface area (Å²) >= 11 is 1.52. The van der Waals surface area contributed by atoms with Crippen LogP contribution in [-0.4, -0.2) is 24.5 Å². The molecule has 5 rings (SSSR count). The maximum Gasteiger partial charge on any atom is 0.265 e. The van der Waals surface area contributed by atoms with Crippen LogP contribution in [0.1, 0.15) is 37.9 Å². The Labute approximate surface area is 195 Å². The van der Waals surface area contributed by atoms with E-state index in [9.17, 15) is 18.0 Å². The largest absolute Gasteiger partial charge is 0.444 e. The second-order valence-electron chi connectivity index (χ2n) is 7.92. The van der Waals surface area contributed by atoms with E-state index in [0.29, 0.717) is 21.9 Å². The molecular formula is C23H21N3O5S2. The number of hydrogen-bond donors (Lipinski definition) is 2. The lowest BCUT2D eigenvalue weighted by molar-refractivity contribution is -0.112. The maximum atomic E-state index is 13.1. The van der Waals surface area contributed by atoms with Gasteiger partial charge in [-0.2, -0.15) is 4.31 Å². The maximum absolute atomic E-state index is 13.1. The Hall–Kier alpha value is -3.21. The van der Waals surface area contributed by atoms with E-state index >= 15 is 0 Å². The number of carbonyl (C=O) groups is 2. The summed E-state index contributed by atoms with van der Waals surface area (Å²) in [5.41, 5.74) is 2.49. The number of thiophene rings is 1. The van der Waals surface area contributed by atoms with Crippen LogP contribution in [0.3, 0.4) is 0 Å². The topological polar surface area (TPSA) is 109 Å². The standard InChI is InChI=1S/C23H21N3O5S2/c1-2-21(27)25-22-11-15-12-26(13-18(15)31-22)33(29,30)17-8-6-16(7-9-17)24-23(28)20-10-14-4-3-5-19(14)32-20/h2,6-11H,1,3-5,12-13H2,(H,24,28)(H,25,27). The number of nitrogens with zero attached hydrogens (tertiary/aromatic N) is 1. The molecule has 2 amide bonds. The summed E-state index contributed by atoms with van der Waals surface area (Å²) in [7, 11) is -3.75. The molecule has 0 radical (unpaired) electrons. The van der Waals surface area contributed by atoms with Crippen LogP contribution in [0.5, 0.6) is 0 Å². The Morgan fingerprint density at radius 1 is 1.06 bits per heavy atom. The van der Waals surface area contributed by atoms with Crippen molar-refractivity contribution in [3.63, 3.8) is 0 Å². The highest BCUT2D eigenvalue weighted by atomic mass is 32.2. The van der Waals surface area contributed by atoms with Gasteiger partial charge in [-0.15, -0.1) is 11.3 Å². The van der Waals surface area contributed by atoms with Gasteiger partial charge in [-0.25, -0.2) is 8.42 Å². The molecule has 0 saturated carbocycles. The first-order chi connectivity index (χ1) is 15.8. The summed E-state index contributed by atoms with van der Waals surface area (Å²) in [6.45, 7) is 3.60. The van der Waals surface area contributed by atoms with Gasteiger partial charge in [0.2, 0.25) is 15.9 Å². The van der Waals surface area contributed by atoms with Gasteiger partial charge >= 0.3 is 0 Å². The Bertz CT molecular complexity index is 1320. The number of amides is 2. The molecule has 170 valence electrons. The van der Waals surface area contributed by atoms with Crippen LogP contribution in [0, 0.1) is 0 Å². The molecule has 10 heteroatoms. The molecule has 1 aliphatic heterocycles. The van der Waals surface area contributed by atoms with Crippen molar-refractivity contribution < 1.29 is 22.4 Å². The summed E-state index contributed by atoms with van der Waals surface area (Å²) in [5.74, 6) is 0.165. The molecule has 3 heterocycles. The molecule has 33 heavy (non-hydrogen) atoms. The number of rotatable bonds is 6. The van der Waals surface area contributed by atoms with E-state index in [1.807, 2.05) is 6.07 Å². The van der Waals surface area contributed by atoms with Gasteiger partial charge in [0.15, 0.2) is 5.88 Å². The first kappa shape index (κ1) is 21.6. The van der Waals surface area contributed by atoms with Crippen LogP contribution < -0.4 is 10.6 Å². The Kier molecular flexibility index (Phi) is 5.43. The molecule has 2 aromatic heterocycles. The van der Waals surface area contributed by atoms with Gasteiger partial charge in [-0.05, 0) is 61.2 Å². The number of anilines is 2. The number of fused-ring (bicyclic) bond motifs is 2. The van der Waals surface area contributed by atoms with Crippen LogP contribution >= 0.6 is 11.3 Å². The van der Waals surface area contributed by atoms with Crippen molar-refractivity contribution in [2.45, 2.75) is 37.2 Å². The van der Waals surface area contributed by atoms with E-state index in [1.165, 1.54) is 38.2 Å².